The molecule has 2 N–H and O–H groups in total. The largest absolute Gasteiger partial charge is 0.359 e. The fraction of sp³-hybridized carbons (Fsp3) is 0.263. The fourth-order valence-corrected chi connectivity index (χ4v) is 2.85. The lowest BCUT2D eigenvalue weighted by molar-refractivity contribution is -0.120. The van der Waals surface area contributed by atoms with Gasteiger partial charge in [-0.25, -0.2) is 8.78 Å². The van der Waals surface area contributed by atoms with E-state index in [2.05, 4.69) is 10.6 Å². The van der Waals surface area contributed by atoms with Gasteiger partial charge in [-0.2, -0.15) is 0 Å². The Labute approximate surface area is 144 Å². The van der Waals surface area contributed by atoms with Crippen LogP contribution in [0.2, 0.25) is 0 Å². The molecule has 0 bridgehead atoms. The van der Waals surface area contributed by atoms with E-state index in [1.165, 1.54) is 12.1 Å². The van der Waals surface area contributed by atoms with Gasteiger partial charge in [0.2, 0.25) is 11.8 Å². The Balaban J connectivity index is 1.59. The lowest BCUT2D eigenvalue weighted by atomic mass is 10.1. The van der Waals surface area contributed by atoms with E-state index >= 15 is 0 Å². The number of rotatable bonds is 5. The number of amides is 2. The van der Waals surface area contributed by atoms with Crippen molar-refractivity contribution in [2.45, 2.75) is 18.8 Å². The van der Waals surface area contributed by atoms with Crippen LogP contribution in [0, 0.1) is 17.6 Å². The third kappa shape index (κ3) is 4.02. The Kier molecular flexibility index (Phi) is 4.79. The number of halogens is 2. The summed E-state index contributed by atoms with van der Waals surface area (Å²) < 4.78 is 26.7. The van der Waals surface area contributed by atoms with Gasteiger partial charge < -0.3 is 10.6 Å². The highest BCUT2D eigenvalue weighted by Crippen LogP contribution is 2.48. The maximum atomic E-state index is 13.8. The smallest absolute Gasteiger partial charge is 0.228 e. The zero-order valence-corrected chi connectivity index (χ0v) is 13.7. The number of anilines is 1. The summed E-state index contributed by atoms with van der Waals surface area (Å²) in [5.41, 5.74) is 1.84. The number of likely N-dealkylation sites (N-methyl/N-ethyl adjacent to an activating group) is 1. The van der Waals surface area contributed by atoms with E-state index in [9.17, 15) is 18.4 Å². The molecule has 130 valence electrons. The first kappa shape index (κ1) is 17.1. The molecule has 0 saturated heterocycles. The van der Waals surface area contributed by atoms with Crippen LogP contribution in [0.5, 0.6) is 0 Å². The van der Waals surface area contributed by atoms with Crippen LogP contribution >= 0.6 is 0 Å². The van der Waals surface area contributed by atoms with Gasteiger partial charge in [0, 0.05) is 24.7 Å². The monoisotopic (exact) mass is 344 g/mol. The van der Waals surface area contributed by atoms with Gasteiger partial charge in [0.25, 0.3) is 0 Å². The summed E-state index contributed by atoms with van der Waals surface area (Å²) in [7, 11) is 1.58. The molecule has 2 atom stereocenters. The Hall–Kier alpha value is -2.76. The minimum absolute atomic E-state index is 0.0843. The average molecular weight is 344 g/mol. The molecule has 2 aromatic carbocycles. The SMILES string of the molecule is CNC(=O)Cc1ccc(NC(=O)[C@H]2C[C@@H]2c2ccc(F)cc2F)cc1. The quantitative estimate of drug-likeness (QED) is 0.876. The summed E-state index contributed by atoms with van der Waals surface area (Å²) in [6.07, 6.45) is 0.822. The normalized spacial score (nSPS) is 18.5. The van der Waals surface area contributed by atoms with Crippen LogP contribution in [0.3, 0.4) is 0 Å². The third-order valence-electron chi connectivity index (χ3n) is 4.35. The molecule has 1 fully saturated rings. The van der Waals surface area contributed by atoms with Gasteiger partial charge in [-0.1, -0.05) is 18.2 Å². The summed E-state index contributed by atoms with van der Waals surface area (Å²) in [4.78, 5) is 23.6. The molecule has 25 heavy (non-hydrogen) atoms. The second-order valence-corrected chi connectivity index (χ2v) is 6.15. The minimum atomic E-state index is -0.625. The van der Waals surface area contributed by atoms with Crippen LogP contribution in [0.25, 0.3) is 0 Å². The predicted octanol–water partition coefficient (Wildman–Crippen LogP) is 3.00. The molecule has 0 spiro atoms. The first-order valence-corrected chi connectivity index (χ1v) is 8.03. The zero-order valence-electron chi connectivity index (χ0n) is 13.7. The van der Waals surface area contributed by atoms with Gasteiger partial charge in [0.05, 0.1) is 6.42 Å². The molecule has 2 amide bonds. The van der Waals surface area contributed by atoms with Crippen molar-refractivity contribution in [3.8, 4) is 0 Å². The molecule has 1 aliphatic carbocycles. The van der Waals surface area contributed by atoms with Gasteiger partial charge in [-0.15, -0.1) is 0 Å². The molecule has 6 heteroatoms. The Bertz CT molecular complexity index is 806. The molecular weight excluding hydrogens is 326 g/mol. The topological polar surface area (TPSA) is 58.2 Å². The molecule has 2 aromatic rings. The van der Waals surface area contributed by atoms with Crippen molar-refractivity contribution in [1.82, 2.24) is 5.32 Å². The van der Waals surface area contributed by atoms with Gasteiger partial charge in [0.15, 0.2) is 0 Å². The second kappa shape index (κ2) is 7.01. The number of benzene rings is 2. The van der Waals surface area contributed by atoms with Crippen LogP contribution < -0.4 is 10.6 Å². The van der Waals surface area contributed by atoms with Crippen LogP contribution in [0.4, 0.5) is 14.5 Å². The minimum Gasteiger partial charge on any atom is -0.359 e. The van der Waals surface area contributed by atoms with Crippen LogP contribution in [0.1, 0.15) is 23.5 Å². The summed E-state index contributed by atoms with van der Waals surface area (Å²) in [6, 6.07) is 10.4. The van der Waals surface area contributed by atoms with Gasteiger partial charge >= 0.3 is 0 Å². The summed E-state index contributed by atoms with van der Waals surface area (Å²) in [5, 5.41) is 5.34. The lowest BCUT2D eigenvalue weighted by Crippen LogP contribution is -2.20. The zero-order chi connectivity index (χ0) is 18.0. The van der Waals surface area contributed by atoms with E-state index in [0.717, 1.165) is 11.6 Å². The van der Waals surface area contributed by atoms with Gasteiger partial charge in [-0.05, 0) is 41.7 Å². The highest BCUT2D eigenvalue weighted by atomic mass is 19.1. The van der Waals surface area contributed by atoms with Crippen molar-refractivity contribution >= 4 is 17.5 Å². The van der Waals surface area contributed by atoms with Gasteiger partial charge in [-0.3, -0.25) is 9.59 Å². The predicted molar refractivity (Wildman–Crippen MR) is 90.0 cm³/mol. The standard InChI is InChI=1S/C19H18F2N2O2/c1-22-18(24)8-11-2-5-13(6-3-11)23-19(25)16-10-15(16)14-7-4-12(20)9-17(14)21/h2-7,9,15-16H,8,10H2,1H3,(H,22,24)(H,23,25)/t15-,16+/m1/s1. The van der Waals surface area contributed by atoms with Crippen LogP contribution in [-0.2, 0) is 16.0 Å². The molecule has 0 heterocycles. The molecule has 0 aromatic heterocycles. The maximum Gasteiger partial charge on any atom is 0.228 e. The summed E-state index contributed by atoms with van der Waals surface area (Å²) in [5.74, 6) is -2.04. The fourth-order valence-electron chi connectivity index (χ4n) is 2.85. The number of carbonyl (C=O) groups excluding carboxylic acids is 2. The summed E-state index contributed by atoms with van der Waals surface area (Å²) >= 11 is 0. The Morgan fingerprint density at radius 1 is 1.12 bits per heavy atom. The van der Waals surface area contributed by atoms with Crippen molar-refractivity contribution in [2.24, 2.45) is 5.92 Å². The van der Waals surface area contributed by atoms with Gasteiger partial charge in [0.1, 0.15) is 11.6 Å². The maximum absolute atomic E-state index is 13.8. The molecular formula is C19H18F2N2O2. The molecule has 0 aliphatic heterocycles. The van der Waals surface area contributed by atoms with E-state index in [4.69, 9.17) is 0 Å². The molecule has 3 rings (SSSR count). The van der Waals surface area contributed by atoms with E-state index < -0.39 is 11.6 Å². The first-order valence-electron chi connectivity index (χ1n) is 8.03. The lowest BCUT2D eigenvalue weighted by Gasteiger charge is -2.07. The van der Waals surface area contributed by atoms with Crippen molar-refractivity contribution in [3.63, 3.8) is 0 Å². The second-order valence-electron chi connectivity index (χ2n) is 6.15. The van der Waals surface area contributed by atoms with Crippen LogP contribution in [0.15, 0.2) is 42.5 Å². The van der Waals surface area contributed by atoms with Crippen LogP contribution in [-0.4, -0.2) is 18.9 Å². The highest BCUT2D eigenvalue weighted by molar-refractivity contribution is 5.95. The molecule has 4 nitrogen and oxygen atoms in total. The third-order valence-corrected chi connectivity index (χ3v) is 4.35. The van der Waals surface area contributed by atoms with E-state index in [1.807, 2.05) is 0 Å². The number of hydrogen-bond donors (Lipinski definition) is 2. The molecule has 0 radical (unpaired) electrons. The molecule has 0 unspecified atom stereocenters. The van der Waals surface area contributed by atoms with Crippen molar-refractivity contribution < 1.29 is 18.4 Å². The Morgan fingerprint density at radius 2 is 1.84 bits per heavy atom. The van der Waals surface area contributed by atoms with Crippen molar-refractivity contribution in [2.75, 3.05) is 12.4 Å². The molecule has 1 saturated carbocycles. The van der Waals surface area contributed by atoms with Crippen molar-refractivity contribution in [1.29, 1.82) is 0 Å². The first-order chi connectivity index (χ1) is 12.0. The highest BCUT2D eigenvalue weighted by Gasteiger charge is 2.45. The van der Waals surface area contributed by atoms with Crippen molar-refractivity contribution in [3.05, 3.63) is 65.2 Å². The number of carbonyl (C=O) groups is 2. The summed E-state index contributed by atoms with van der Waals surface area (Å²) in [6.45, 7) is 0. The molecule has 1 aliphatic rings. The number of nitrogens with one attached hydrogen (secondary N) is 2. The number of hydrogen-bond acceptors (Lipinski definition) is 2. The van der Waals surface area contributed by atoms with E-state index in [-0.39, 0.29) is 30.1 Å². The average Bonchev–Trinajstić information content (AvgIpc) is 3.37. The van der Waals surface area contributed by atoms with E-state index in [1.54, 1.807) is 31.3 Å². The van der Waals surface area contributed by atoms with E-state index in [0.29, 0.717) is 17.7 Å². The Morgan fingerprint density at radius 3 is 2.48 bits per heavy atom.